The van der Waals surface area contributed by atoms with Gasteiger partial charge in [-0.3, -0.25) is 9.79 Å². The van der Waals surface area contributed by atoms with Crippen LogP contribution in [-0.2, 0) is 14.3 Å². The predicted molar refractivity (Wildman–Crippen MR) is 235 cm³/mol. The van der Waals surface area contributed by atoms with Gasteiger partial charge in [-0.2, -0.15) is 0 Å². The Kier molecular flexibility index (Phi) is 15.3. The van der Waals surface area contributed by atoms with E-state index in [4.69, 9.17) is 9.47 Å². The molecule has 2 aromatic rings. The van der Waals surface area contributed by atoms with E-state index in [0.717, 1.165) is 105 Å². The van der Waals surface area contributed by atoms with Crippen molar-refractivity contribution >= 4 is 23.8 Å². The SMILES string of the molecule is Cc1ccc(N=Cc2ccc(C(=O)OCCCCCCCCCC(=O)O[C@H]3CC[C@@]4(C)C(=CC[C@H]5[C@@H]6CC[C@H]([C@H](C)CCCC(C)C)[C@@]6(C)CC[C@@H]54)C3)cc2)cc1. The van der Waals surface area contributed by atoms with Crippen molar-refractivity contribution in [2.75, 3.05) is 6.61 Å². The molecule has 6 rings (SSSR count). The topological polar surface area (TPSA) is 65.0 Å². The molecule has 4 aliphatic carbocycles. The molecule has 3 fully saturated rings. The molecule has 0 spiro atoms. The Morgan fingerprint density at radius 1 is 0.807 bits per heavy atom. The number of hydrogen-bond donors (Lipinski definition) is 0. The maximum absolute atomic E-state index is 12.9. The number of nitrogens with zero attached hydrogens (tertiary/aromatic N) is 1. The summed E-state index contributed by atoms with van der Waals surface area (Å²) in [5.74, 6) is 4.83. The van der Waals surface area contributed by atoms with Crippen molar-refractivity contribution in [3.8, 4) is 0 Å². The van der Waals surface area contributed by atoms with Gasteiger partial charge >= 0.3 is 11.9 Å². The van der Waals surface area contributed by atoms with Gasteiger partial charge in [0.25, 0.3) is 0 Å². The van der Waals surface area contributed by atoms with E-state index in [-0.39, 0.29) is 18.0 Å². The molecule has 8 atom stereocenters. The number of hydrogen-bond acceptors (Lipinski definition) is 5. The molecular weight excluding hydrogens is 703 g/mol. The molecule has 5 nitrogen and oxygen atoms in total. The van der Waals surface area contributed by atoms with Crippen molar-refractivity contribution in [1.82, 2.24) is 0 Å². The zero-order chi connectivity index (χ0) is 40.4. The number of unbranched alkanes of at least 4 members (excludes halogenated alkanes) is 6. The lowest BCUT2D eigenvalue weighted by Crippen LogP contribution is -2.51. The summed E-state index contributed by atoms with van der Waals surface area (Å²) < 4.78 is 11.6. The molecule has 0 N–H and O–H groups in total. The van der Waals surface area contributed by atoms with Gasteiger partial charge in [0, 0.05) is 19.1 Å². The number of carbonyl (C=O) groups is 2. The molecule has 0 unspecified atom stereocenters. The molecule has 57 heavy (non-hydrogen) atoms. The van der Waals surface area contributed by atoms with E-state index in [9.17, 15) is 9.59 Å². The number of benzene rings is 2. The highest BCUT2D eigenvalue weighted by Gasteiger charge is 2.59. The highest BCUT2D eigenvalue weighted by Crippen LogP contribution is 2.67. The molecular formula is C52H75NO4. The summed E-state index contributed by atoms with van der Waals surface area (Å²) >= 11 is 0. The number of fused-ring (bicyclic) bond motifs is 5. The second-order valence-corrected chi connectivity index (χ2v) is 19.7. The maximum Gasteiger partial charge on any atom is 0.338 e. The minimum absolute atomic E-state index is 0.00216. The van der Waals surface area contributed by atoms with Crippen LogP contribution in [-0.4, -0.2) is 30.9 Å². The van der Waals surface area contributed by atoms with Crippen molar-refractivity contribution in [3.63, 3.8) is 0 Å². The summed E-state index contributed by atoms with van der Waals surface area (Å²) in [6, 6.07) is 15.5. The van der Waals surface area contributed by atoms with Crippen molar-refractivity contribution in [1.29, 1.82) is 0 Å². The van der Waals surface area contributed by atoms with Crippen LogP contribution in [0.25, 0.3) is 0 Å². The predicted octanol–water partition coefficient (Wildman–Crippen LogP) is 14.0. The normalized spacial score (nSPS) is 28.7. The van der Waals surface area contributed by atoms with Crippen molar-refractivity contribution < 1.29 is 19.1 Å². The van der Waals surface area contributed by atoms with E-state index in [1.54, 1.807) is 17.7 Å². The maximum atomic E-state index is 12.9. The molecule has 0 bridgehead atoms. The van der Waals surface area contributed by atoms with Gasteiger partial charge in [-0.25, -0.2) is 4.79 Å². The average molecular weight is 778 g/mol. The Morgan fingerprint density at radius 2 is 1.53 bits per heavy atom. The summed E-state index contributed by atoms with van der Waals surface area (Å²) in [6.45, 7) is 15.1. The second-order valence-electron chi connectivity index (χ2n) is 19.7. The number of aliphatic imine (C=N–C) groups is 1. The number of allylic oxidation sites excluding steroid dienone is 1. The summed E-state index contributed by atoms with van der Waals surface area (Å²) in [7, 11) is 0. The first-order valence-electron chi connectivity index (χ1n) is 23.2. The molecule has 0 aromatic heterocycles. The van der Waals surface area contributed by atoms with E-state index < -0.39 is 0 Å². The van der Waals surface area contributed by atoms with Crippen molar-refractivity contribution in [2.24, 2.45) is 51.3 Å². The first kappa shape index (κ1) is 43.4. The van der Waals surface area contributed by atoms with Crippen LogP contribution in [0.2, 0.25) is 0 Å². The van der Waals surface area contributed by atoms with Gasteiger partial charge in [-0.15, -0.1) is 0 Å². The Morgan fingerprint density at radius 3 is 2.26 bits per heavy atom. The van der Waals surface area contributed by atoms with E-state index in [2.05, 4.69) is 52.6 Å². The zero-order valence-electron chi connectivity index (χ0n) is 36.5. The van der Waals surface area contributed by atoms with Crippen LogP contribution >= 0.6 is 0 Å². The van der Waals surface area contributed by atoms with Gasteiger partial charge in [-0.1, -0.05) is 127 Å². The first-order valence-corrected chi connectivity index (χ1v) is 23.2. The Bertz CT molecular complexity index is 1660. The number of rotatable bonds is 19. The third kappa shape index (κ3) is 11.1. The fourth-order valence-electron chi connectivity index (χ4n) is 12.0. The van der Waals surface area contributed by atoms with Crippen LogP contribution in [0.15, 0.2) is 65.2 Å². The first-order chi connectivity index (χ1) is 27.5. The fraction of sp³-hybridized carbons (Fsp3) is 0.673. The summed E-state index contributed by atoms with van der Waals surface area (Å²) in [6.07, 6.45) is 26.6. The van der Waals surface area contributed by atoms with Gasteiger partial charge in [0.1, 0.15) is 6.10 Å². The highest BCUT2D eigenvalue weighted by molar-refractivity contribution is 5.91. The number of carbonyl (C=O) groups excluding carboxylic acids is 2. The standard InChI is InChI=1S/C52H75NO4/c1-37(2)15-14-16-39(4)46-28-29-47-45-27-24-42-35-44(30-32-51(42,5)48(45)31-33-52(46,47)6)57-49(54)17-12-10-8-7-9-11-13-34-56-50(55)41-22-20-40(21-23-41)36-53-43-25-18-38(3)19-26-43/h18-26,36-37,39,44-48H,7-17,27-35H2,1-6H3/t39-,44+,45+,46-,47+,48+,51+,52-/m1/s1. The number of esters is 2. The lowest BCUT2D eigenvalue weighted by molar-refractivity contribution is -0.151. The highest BCUT2D eigenvalue weighted by atomic mass is 16.5. The second kappa shape index (κ2) is 20.2. The van der Waals surface area contributed by atoms with Crippen molar-refractivity contribution in [2.45, 2.75) is 170 Å². The lowest BCUT2D eigenvalue weighted by atomic mass is 9.47. The molecule has 3 saturated carbocycles. The van der Waals surface area contributed by atoms with Crippen LogP contribution in [0.1, 0.15) is 178 Å². The molecule has 0 saturated heterocycles. The quantitative estimate of drug-likeness (QED) is 0.0617. The van der Waals surface area contributed by atoms with Crippen LogP contribution in [0.3, 0.4) is 0 Å². The Labute approximate surface area is 346 Å². The molecule has 0 heterocycles. The summed E-state index contributed by atoms with van der Waals surface area (Å²) in [5, 5.41) is 0. The fourth-order valence-corrected chi connectivity index (χ4v) is 12.0. The van der Waals surface area contributed by atoms with Gasteiger partial charge in [0.15, 0.2) is 0 Å². The molecule has 2 aromatic carbocycles. The van der Waals surface area contributed by atoms with E-state index in [1.165, 1.54) is 63.4 Å². The van der Waals surface area contributed by atoms with Crippen LogP contribution < -0.4 is 0 Å². The molecule has 5 heteroatoms. The molecule has 312 valence electrons. The number of aryl methyl sites for hydroxylation is 1. The summed E-state index contributed by atoms with van der Waals surface area (Å²) in [4.78, 5) is 29.9. The smallest absolute Gasteiger partial charge is 0.338 e. The Balaban J connectivity index is 0.819. The van der Waals surface area contributed by atoms with E-state index >= 15 is 0 Å². The third-order valence-corrected chi connectivity index (χ3v) is 15.4. The van der Waals surface area contributed by atoms with Crippen LogP contribution in [0.4, 0.5) is 5.69 Å². The average Bonchev–Trinajstić information content (AvgIpc) is 3.56. The molecule has 0 aliphatic heterocycles. The minimum atomic E-state index is -0.276. The van der Waals surface area contributed by atoms with Crippen LogP contribution in [0.5, 0.6) is 0 Å². The van der Waals surface area contributed by atoms with Gasteiger partial charge in [-0.05, 0) is 141 Å². The van der Waals surface area contributed by atoms with Gasteiger partial charge < -0.3 is 9.47 Å². The van der Waals surface area contributed by atoms with E-state index in [1.807, 2.05) is 42.6 Å². The summed E-state index contributed by atoms with van der Waals surface area (Å²) in [5.41, 5.74) is 6.04. The number of ether oxygens (including phenoxy) is 2. The van der Waals surface area contributed by atoms with Gasteiger partial charge in [0.2, 0.25) is 0 Å². The largest absolute Gasteiger partial charge is 0.462 e. The molecule has 4 aliphatic rings. The molecule has 0 radical (unpaired) electrons. The molecule has 0 amide bonds. The zero-order valence-corrected chi connectivity index (χ0v) is 36.5. The monoisotopic (exact) mass is 778 g/mol. The minimum Gasteiger partial charge on any atom is -0.462 e. The van der Waals surface area contributed by atoms with Crippen molar-refractivity contribution in [3.05, 3.63) is 76.9 Å². The van der Waals surface area contributed by atoms with Gasteiger partial charge in [0.05, 0.1) is 17.9 Å². The van der Waals surface area contributed by atoms with Crippen LogP contribution in [0, 0.1) is 53.3 Å². The Hall–Kier alpha value is -3.21. The third-order valence-electron chi connectivity index (χ3n) is 15.4. The van der Waals surface area contributed by atoms with E-state index in [0.29, 0.717) is 29.4 Å². The lowest BCUT2D eigenvalue weighted by Gasteiger charge is -2.58.